The Labute approximate surface area is 128 Å². The van der Waals surface area contributed by atoms with Crippen molar-refractivity contribution >= 4 is 28.6 Å². The minimum atomic E-state index is -0.411. The maximum absolute atomic E-state index is 13.8. The average molecular weight is 304 g/mol. The number of hydrogen-bond donors (Lipinski definition) is 2. The lowest BCUT2D eigenvalue weighted by molar-refractivity contribution is 0.321. The van der Waals surface area contributed by atoms with Gasteiger partial charge in [-0.2, -0.15) is 0 Å². The van der Waals surface area contributed by atoms with Crippen LogP contribution in [0.2, 0.25) is 0 Å². The predicted octanol–water partition coefficient (Wildman–Crippen LogP) is 3.91. The van der Waals surface area contributed by atoms with Gasteiger partial charge in [-0.15, -0.1) is 0 Å². The average Bonchev–Trinajstić information content (AvgIpc) is 2.44. The zero-order valence-electron chi connectivity index (χ0n) is 11.9. The molecule has 0 amide bonds. The number of ether oxygens (including phenoxy) is 1. The van der Waals surface area contributed by atoms with Gasteiger partial charge in [0.1, 0.15) is 4.99 Å². The highest BCUT2D eigenvalue weighted by Gasteiger charge is 2.08. The highest BCUT2D eigenvalue weighted by Crippen LogP contribution is 2.26. The Morgan fingerprint density at radius 1 is 1.29 bits per heavy atom. The third-order valence-electron chi connectivity index (χ3n) is 2.95. The fourth-order valence-electron chi connectivity index (χ4n) is 1.98. The highest BCUT2D eigenvalue weighted by molar-refractivity contribution is 7.80. The van der Waals surface area contributed by atoms with E-state index in [1.54, 1.807) is 12.1 Å². The van der Waals surface area contributed by atoms with E-state index in [1.807, 2.05) is 32.0 Å². The number of rotatable bonds is 5. The van der Waals surface area contributed by atoms with Crippen molar-refractivity contribution in [2.45, 2.75) is 13.8 Å². The van der Waals surface area contributed by atoms with Crippen LogP contribution < -0.4 is 15.8 Å². The predicted molar refractivity (Wildman–Crippen MR) is 87.9 cm³/mol. The number of nitrogens with one attached hydrogen (secondary N) is 1. The van der Waals surface area contributed by atoms with Crippen molar-refractivity contribution < 1.29 is 9.13 Å². The molecule has 0 saturated heterocycles. The molecule has 5 heteroatoms. The first-order valence-electron chi connectivity index (χ1n) is 6.61. The molecule has 3 N–H and O–H groups in total. The van der Waals surface area contributed by atoms with Crippen molar-refractivity contribution in [3.05, 3.63) is 53.3 Å². The fourth-order valence-corrected chi connectivity index (χ4v) is 2.15. The molecule has 0 saturated carbocycles. The molecule has 21 heavy (non-hydrogen) atoms. The second-order valence-corrected chi connectivity index (χ2v) is 5.06. The van der Waals surface area contributed by atoms with Crippen LogP contribution in [-0.4, -0.2) is 11.6 Å². The van der Waals surface area contributed by atoms with E-state index < -0.39 is 5.82 Å². The van der Waals surface area contributed by atoms with Crippen LogP contribution in [0.4, 0.5) is 15.8 Å². The Morgan fingerprint density at radius 3 is 2.67 bits per heavy atom. The van der Waals surface area contributed by atoms with Crippen LogP contribution in [0.1, 0.15) is 18.1 Å². The molecule has 0 bridgehead atoms. The van der Waals surface area contributed by atoms with Crippen LogP contribution in [0.5, 0.6) is 5.75 Å². The molecule has 0 aliphatic carbocycles. The second kappa shape index (κ2) is 6.54. The third kappa shape index (κ3) is 3.70. The first kappa shape index (κ1) is 15.3. The van der Waals surface area contributed by atoms with Gasteiger partial charge in [0.15, 0.2) is 11.6 Å². The molecule has 0 aromatic heterocycles. The van der Waals surface area contributed by atoms with Crippen LogP contribution >= 0.6 is 12.2 Å². The summed E-state index contributed by atoms with van der Waals surface area (Å²) in [6.07, 6.45) is 0. The molecule has 2 rings (SSSR count). The summed E-state index contributed by atoms with van der Waals surface area (Å²) < 4.78 is 19.0. The quantitative estimate of drug-likeness (QED) is 0.822. The molecule has 3 nitrogen and oxygen atoms in total. The minimum Gasteiger partial charge on any atom is -0.491 e. The van der Waals surface area contributed by atoms with E-state index in [0.29, 0.717) is 17.3 Å². The summed E-state index contributed by atoms with van der Waals surface area (Å²) in [5.74, 6) is -0.174. The first-order chi connectivity index (χ1) is 10.0. The third-order valence-corrected chi connectivity index (χ3v) is 3.17. The summed E-state index contributed by atoms with van der Waals surface area (Å²) in [7, 11) is 0. The molecule has 0 unspecified atom stereocenters. The van der Waals surface area contributed by atoms with Gasteiger partial charge in [-0.3, -0.25) is 0 Å². The Kier molecular flexibility index (Phi) is 4.75. The van der Waals surface area contributed by atoms with Crippen molar-refractivity contribution in [1.29, 1.82) is 0 Å². The molecule has 0 atom stereocenters. The number of halogens is 1. The molecule has 2 aromatic rings. The number of aryl methyl sites for hydroxylation is 1. The summed E-state index contributed by atoms with van der Waals surface area (Å²) in [5.41, 5.74) is 8.88. The standard InChI is InChI=1S/C16H17FN2OS/c1-3-20-15-7-5-11(9-13(15)17)19-14-6-4-10(2)8-12(14)16(18)21/h4-9,19H,3H2,1-2H3,(H2,18,21). The van der Waals surface area contributed by atoms with Crippen LogP contribution in [0.3, 0.4) is 0 Å². The maximum atomic E-state index is 13.8. The maximum Gasteiger partial charge on any atom is 0.167 e. The molecule has 0 fully saturated rings. The van der Waals surface area contributed by atoms with Crippen LogP contribution in [0.25, 0.3) is 0 Å². The van der Waals surface area contributed by atoms with Gasteiger partial charge in [0.05, 0.1) is 6.61 Å². The van der Waals surface area contributed by atoms with E-state index >= 15 is 0 Å². The second-order valence-electron chi connectivity index (χ2n) is 4.62. The number of hydrogen-bond acceptors (Lipinski definition) is 3. The van der Waals surface area contributed by atoms with Gasteiger partial charge < -0.3 is 15.8 Å². The number of nitrogens with two attached hydrogens (primary N) is 1. The summed E-state index contributed by atoms with van der Waals surface area (Å²) in [6, 6.07) is 10.4. The molecule has 0 aliphatic rings. The van der Waals surface area contributed by atoms with E-state index in [4.69, 9.17) is 22.7 Å². The zero-order chi connectivity index (χ0) is 15.4. The Morgan fingerprint density at radius 2 is 2.05 bits per heavy atom. The van der Waals surface area contributed by atoms with E-state index in [2.05, 4.69) is 5.32 Å². The van der Waals surface area contributed by atoms with Gasteiger partial charge in [0.2, 0.25) is 0 Å². The molecule has 0 aliphatic heterocycles. The lowest BCUT2D eigenvalue weighted by atomic mass is 10.1. The van der Waals surface area contributed by atoms with Crippen LogP contribution in [0.15, 0.2) is 36.4 Å². The van der Waals surface area contributed by atoms with Gasteiger partial charge in [-0.25, -0.2) is 4.39 Å². The van der Waals surface area contributed by atoms with Gasteiger partial charge in [0.25, 0.3) is 0 Å². The topological polar surface area (TPSA) is 47.3 Å². The van der Waals surface area contributed by atoms with Crippen molar-refractivity contribution in [1.82, 2.24) is 0 Å². The Balaban J connectivity index is 2.30. The van der Waals surface area contributed by atoms with Crippen LogP contribution in [0, 0.1) is 12.7 Å². The van der Waals surface area contributed by atoms with Gasteiger partial charge >= 0.3 is 0 Å². The molecular weight excluding hydrogens is 287 g/mol. The lowest BCUT2D eigenvalue weighted by Crippen LogP contribution is -2.12. The molecular formula is C16H17FN2OS. The number of anilines is 2. The fraction of sp³-hybridized carbons (Fsp3) is 0.188. The summed E-state index contributed by atoms with van der Waals surface area (Å²) in [4.78, 5) is 0.299. The highest BCUT2D eigenvalue weighted by atomic mass is 32.1. The zero-order valence-corrected chi connectivity index (χ0v) is 12.8. The smallest absolute Gasteiger partial charge is 0.167 e. The SMILES string of the molecule is CCOc1ccc(Nc2ccc(C)cc2C(N)=S)cc1F. The van der Waals surface area contributed by atoms with E-state index in [-0.39, 0.29) is 5.75 Å². The monoisotopic (exact) mass is 304 g/mol. The minimum absolute atomic E-state index is 0.238. The van der Waals surface area contributed by atoms with E-state index in [1.165, 1.54) is 6.07 Å². The van der Waals surface area contributed by atoms with E-state index in [0.717, 1.165) is 16.8 Å². The number of benzene rings is 2. The molecule has 0 radical (unpaired) electrons. The van der Waals surface area contributed by atoms with Crippen molar-refractivity contribution in [2.75, 3.05) is 11.9 Å². The molecule has 0 heterocycles. The van der Waals surface area contributed by atoms with Crippen molar-refractivity contribution in [2.24, 2.45) is 5.73 Å². The summed E-state index contributed by atoms with van der Waals surface area (Å²) in [6.45, 7) is 4.20. The summed E-state index contributed by atoms with van der Waals surface area (Å²) in [5, 5.41) is 3.13. The Hall–Kier alpha value is -2.14. The van der Waals surface area contributed by atoms with Crippen molar-refractivity contribution in [3.8, 4) is 5.75 Å². The van der Waals surface area contributed by atoms with E-state index in [9.17, 15) is 4.39 Å². The van der Waals surface area contributed by atoms with Crippen molar-refractivity contribution in [3.63, 3.8) is 0 Å². The largest absolute Gasteiger partial charge is 0.491 e. The normalized spacial score (nSPS) is 10.2. The van der Waals surface area contributed by atoms with Crippen LogP contribution in [-0.2, 0) is 0 Å². The van der Waals surface area contributed by atoms with Gasteiger partial charge in [-0.1, -0.05) is 23.8 Å². The van der Waals surface area contributed by atoms with Gasteiger partial charge in [0, 0.05) is 23.0 Å². The molecule has 2 aromatic carbocycles. The summed E-state index contributed by atoms with van der Waals surface area (Å²) >= 11 is 5.05. The Bertz CT molecular complexity index is 673. The first-order valence-corrected chi connectivity index (χ1v) is 7.02. The molecule has 110 valence electrons. The lowest BCUT2D eigenvalue weighted by Gasteiger charge is -2.13. The van der Waals surface area contributed by atoms with Gasteiger partial charge in [-0.05, 0) is 38.1 Å². The number of thiocarbonyl (C=S) groups is 1. The molecule has 0 spiro atoms.